The highest BCUT2D eigenvalue weighted by molar-refractivity contribution is 5.78. The average molecular weight is 469 g/mol. The molecule has 4 aromatic rings. The van der Waals surface area contributed by atoms with Gasteiger partial charge in [0.1, 0.15) is 29.8 Å². The molecule has 0 bridgehead atoms. The molecule has 0 saturated heterocycles. The second kappa shape index (κ2) is 8.04. The Hall–Kier alpha value is -3.48. The molecule has 0 spiro atoms. The molecule has 7 nitrogen and oxygen atoms in total. The monoisotopic (exact) mass is 468 g/mol. The van der Waals surface area contributed by atoms with E-state index in [0.717, 1.165) is 76.6 Å². The summed E-state index contributed by atoms with van der Waals surface area (Å²) in [4.78, 5) is 24.8. The molecule has 4 heterocycles. The standard InChI is InChI=1S/C28H30N6O.H2/c1-16-23(11-18-3-4-18)28(31-17(2)30-16)34-9-10-35-25-8-7-20(12-22(25)15-34)21-13-24-27(29-14-21)33-26(32-24)19-5-6-19;/h7-8,12-14,18-19H,3-6,9-11,15H2,1-2H3,(H,29,32,33);1H. The minimum atomic E-state index is 0. The fourth-order valence-electron chi connectivity index (χ4n) is 5.21. The summed E-state index contributed by atoms with van der Waals surface area (Å²) in [5.74, 6) is 5.31. The highest BCUT2D eigenvalue weighted by atomic mass is 16.5. The van der Waals surface area contributed by atoms with Gasteiger partial charge < -0.3 is 14.6 Å². The Labute approximate surface area is 206 Å². The zero-order chi connectivity index (χ0) is 23.5. The summed E-state index contributed by atoms with van der Waals surface area (Å²) in [5.41, 5.74) is 7.63. The summed E-state index contributed by atoms with van der Waals surface area (Å²) < 4.78 is 6.17. The Morgan fingerprint density at radius 2 is 1.94 bits per heavy atom. The summed E-state index contributed by atoms with van der Waals surface area (Å²) in [5, 5.41) is 0. The number of anilines is 1. The largest absolute Gasteiger partial charge is 0.491 e. The number of ether oxygens (including phenoxy) is 1. The number of nitrogens with zero attached hydrogens (tertiary/aromatic N) is 5. The van der Waals surface area contributed by atoms with Crippen LogP contribution in [0.2, 0.25) is 0 Å². The molecule has 0 atom stereocenters. The molecule has 0 amide bonds. The van der Waals surface area contributed by atoms with Crippen molar-refractivity contribution in [3.05, 3.63) is 58.9 Å². The van der Waals surface area contributed by atoms with Crippen molar-refractivity contribution in [1.82, 2.24) is 24.9 Å². The lowest BCUT2D eigenvalue weighted by molar-refractivity contribution is 0.331. The second-order valence-electron chi connectivity index (χ2n) is 10.4. The van der Waals surface area contributed by atoms with Crippen molar-refractivity contribution in [3.63, 3.8) is 0 Å². The van der Waals surface area contributed by atoms with Crippen LogP contribution < -0.4 is 9.64 Å². The lowest BCUT2D eigenvalue weighted by Gasteiger charge is -2.25. The van der Waals surface area contributed by atoms with E-state index in [-0.39, 0.29) is 1.43 Å². The quantitative estimate of drug-likeness (QED) is 0.416. The Balaban J connectivity index is 0.00000240. The third-order valence-corrected chi connectivity index (χ3v) is 7.49. The fraction of sp³-hybridized carbons (Fsp3) is 0.429. The maximum Gasteiger partial charge on any atom is 0.177 e. The van der Waals surface area contributed by atoms with Gasteiger partial charge in [0, 0.05) is 42.5 Å². The summed E-state index contributed by atoms with van der Waals surface area (Å²) in [6.07, 6.45) is 8.09. The number of hydrogen-bond acceptors (Lipinski definition) is 6. The van der Waals surface area contributed by atoms with Crippen molar-refractivity contribution in [2.24, 2.45) is 5.92 Å². The normalized spacial score (nSPS) is 17.8. The number of pyridine rings is 1. The van der Waals surface area contributed by atoms with Crippen molar-refractivity contribution in [3.8, 4) is 16.9 Å². The number of hydrogen-bond donors (Lipinski definition) is 1. The predicted octanol–water partition coefficient (Wildman–Crippen LogP) is 5.51. The van der Waals surface area contributed by atoms with E-state index in [1.54, 1.807) is 0 Å². The number of imidazole rings is 1. The molecule has 7 heteroatoms. The Morgan fingerprint density at radius 3 is 2.77 bits per heavy atom. The van der Waals surface area contributed by atoms with E-state index in [1.165, 1.54) is 36.8 Å². The molecule has 1 aromatic carbocycles. The van der Waals surface area contributed by atoms with Gasteiger partial charge in [0.05, 0.1) is 12.1 Å². The predicted molar refractivity (Wildman–Crippen MR) is 138 cm³/mol. The van der Waals surface area contributed by atoms with E-state index in [4.69, 9.17) is 9.72 Å². The van der Waals surface area contributed by atoms with E-state index < -0.39 is 0 Å². The Morgan fingerprint density at radius 1 is 1.06 bits per heavy atom. The van der Waals surface area contributed by atoms with E-state index in [2.05, 4.69) is 56.0 Å². The average Bonchev–Trinajstić information content (AvgIpc) is 3.77. The smallest absolute Gasteiger partial charge is 0.177 e. The number of aromatic nitrogens is 5. The van der Waals surface area contributed by atoms with Crippen molar-refractivity contribution in [2.75, 3.05) is 18.1 Å². The molecule has 35 heavy (non-hydrogen) atoms. The van der Waals surface area contributed by atoms with Crippen LogP contribution in [0, 0.1) is 19.8 Å². The van der Waals surface area contributed by atoms with Crippen LogP contribution in [0.4, 0.5) is 5.82 Å². The zero-order valence-electron chi connectivity index (χ0n) is 20.3. The van der Waals surface area contributed by atoms with Crippen LogP contribution in [-0.4, -0.2) is 38.1 Å². The van der Waals surface area contributed by atoms with Crippen molar-refractivity contribution in [2.45, 2.75) is 58.4 Å². The van der Waals surface area contributed by atoms with Gasteiger partial charge in [-0.1, -0.05) is 6.07 Å². The van der Waals surface area contributed by atoms with E-state index in [9.17, 15) is 0 Å². The van der Waals surface area contributed by atoms with Crippen LogP contribution >= 0.6 is 0 Å². The van der Waals surface area contributed by atoms with Gasteiger partial charge in [0.15, 0.2) is 5.65 Å². The summed E-state index contributed by atoms with van der Waals surface area (Å²) >= 11 is 0. The van der Waals surface area contributed by atoms with Gasteiger partial charge >= 0.3 is 0 Å². The summed E-state index contributed by atoms with van der Waals surface area (Å²) in [6, 6.07) is 8.65. The Bertz CT molecular complexity index is 1440. The van der Waals surface area contributed by atoms with Crippen molar-refractivity contribution >= 4 is 17.0 Å². The molecule has 3 aromatic heterocycles. The van der Waals surface area contributed by atoms with Gasteiger partial charge in [-0.3, -0.25) is 0 Å². The minimum absolute atomic E-state index is 0. The lowest BCUT2D eigenvalue weighted by Crippen LogP contribution is -2.28. The molecule has 180 valence electrons. The van der Waals surface area contributed by atoms with E-state index >= 15 is 0 Å². The van der Waals surface area contributed by atoms with Crippen molar-refractivity contribution in [1.29, 1.82) is 0 Å². The molecule has 0 radical (unpaired) electrons. The van der Waals surface area contributed by atoms with Crippen LogP contribution in [0.3, 0.4) is 0 Å². The SMILES string of the molecule is Cc1nc(C)c(CC2CC2)c(N2CCOc3ccc(-c4cnc5nc(C6CC6)[nH]c5c4)cc3C2)n1.[HH]. The minimum Gasteiger partial charge on any atom is -0.491 e. The van der Waals surface area contributed by atoms with Gasteiger partial charge in [-0.05, 0) is 75.6 Å². The number of aromatic amines is 1. The first kappa shape index (κ1) is 20.9. The number of H-pyrrole nitrogens is 1. The van der Waals surface area contributed by atoms with Crippen molar-refractivity contribution < 1.29 is 6.16 Å². The van der Waals surface area contributed by atoms with Gasteiger partial charge in [-0.15, -0.1) is 0 Å². The maximum atomic E-state index is 6.17. The molecule has 0 unspecified atom stereocenters. The second-order valence-corrected chi connectivity index (χ2v) is 10.4. The molecule has 1 N–H and O–H groups in total. The summed E-state index contributed by atoms with van der Waals surface area (Å²) in [7, 11) is 0. The van der Waals surface area contributed by atoms with Gasteiger partial charge in [-0.2, -0.15) is 0 Å². The van der Waals surface area contributed by atoms with Gasteiger partial charge in [0.2, 0.25) is 0 Å². The molecule has 1 aliphatic heterocycles. The molecule has 2 saturated carbocycles. The number of aryl methyl sites for hydroxylation is 2. The van der Waals surface area contributed by atoms with Crippen LogP contribution in [0.1, 0.15) is 61.5 Å². The number of nitrogens with one attached hydrogen (secondary N) is 1. The van der Waals surface area contributed by atoms with Crippen LogP contribution in [0.15, 0.2) is 30.5 Å². The molecular formula is C28H32N6O. The van der Waals surface area contributed by atoms with Crippen LogP contribution in [-0.2, 0) is 13.0 Å². The first-order valence-corrected chi connectivity index (χ1v) is 12.8. The third kappa shape index (κ3) is 4.03. The van der Waals surface area contributed by atoms with Gasteiger partial charge in [-0.25, -0.2) is 19.9 Å². The zero-order valence-corrected chi connectivity index (χ0v) is 20.3. The van der Waals surface area contributed by atoms with Crippen LogP contribution in [0.25, 0.3) is 22.3 Å². The Kier molecular flexibility index (Phi) is 4.79. The number of fused-ring (bicyclic) bond motifs is 2. The first-order chi connectivity index (χ1) is 17.1. The molecule has 2 aliphatic carbocycles. The van der Waals surface area contributed by atoms with Crippen LogP contribution in [0.5, 0.6) is 5.75 Å². The van der Waals surface area contributed by atoms with E-state index in [0.29, 0.717) is 12.5 Å². The fourth-order valence-corrected chi connectivity index (χ4v) is 5.21. The maximum absolute atomic E-state index is 6.17. The third-order valence-electron chi connectivity index (χ3n) is 7.49. The molecule has 7 rings (SSSR count). The number of benzene rings is 1. The molecule has 2 fully saturated rings. The first-order valence-electron chi connectivity index (χ1n) is 12.8. The summed E-state index contributed by atoms with van der Waals surface area (Å²) in [6.45, 7) is 6.34. The lowest BCUT2D eigenvalue weighted by atomic mass is 10.0. The topological polar surface area (TPSA) is 79.8 Å². The van der Waals surface area contributed by atoms with E-state index in [1.807, 2.05) is 13.1 Å². The molecule has 3 aliphatic rings. The van der Waals surface area contributed by atoms with Gasteiger partial charge in [0.25, 0.3) is 0 Å². The number of rotatable bonds is 5. The highest BCUT2D eigenvalue weighted by Gasteiger charge is 2.28. The highest BCUT2D eigenvalue weighted by Crippen LogP contribution is 2.40. The molecular weight excluding hydrogens is 436 g/mol.